The predicted octanol–water partition coefficient (Wildman–Crippen LogP) is 35.6. The van der Waals surface area contributed by atoms with E-state index in [0.717, 1.165) is 45.3 Å². The first kappa shape index (κ1) is 80.3. The average Bonchev–Trinajstić information content (AvgIpc) is 1.51. The van der Waals surface area contributed by atoms with Crippen LogP contribution < -0.4 is 9.80 Å². The molecular weight excluding hydrogens is 1730 g/mol. The van der Waals surface area contributed by atoms with Crippen molar-refractivity contribution in [2.75, 3.05) is 9.80 Å². The third-order valence-corrected chi connectivity index (χ3v) is 35.6. The highest BCUT2D eigenvalue weighted by Crippen LogP contribution is 2.72. The maximum Gasteiger partial charge on any atom is 0.0726 e. The van der Waals surface area contributed by atoms with Gasteiger partial charge in [-0.05, 0) is 306 Å². The van der Waals surface area contributed by atoms with Crippen molar-refractivity contribution in [2.45, 2.75) is 60.2 Å². The fourth-order valence-corrected chi connectivity index (χ4v) is 30.0. The SMILES string of the molecule is CC1(C)c2ccccc2-c2ccc(N(c3ccc4c(c3)C3(c5ccccc5-c5ccccc53)c3ccccc3-4)c3cccc4c3-c3ccccc3C43c4ccccc4-c4ccc(-c5ccc6c(c5)-c5ccc(N(c7cccc8c7-c7ccccc7C8(C)C)c7cccc8c7-c7ccccc7C87c8ccccc8-c8ccccc8-c8ccccc87)cc5C65c6ccccc6-c6ccccc65)cc4-c4ccccc43)cc21. The van der Waals surface area contributed by atoms with Crippen LogP contribution in [0.5, 0.6) is 0 Å². The highest BCUT2D eigenvalue weighted by atomic mass is 15.2. The molecular formula is C142H92N2. The number of nitrogens with zero attached hydrogens (tertiary/aromatic N) is 2. The molecule has 1 unspecified atom stereocenters. The van der Waals surface area contributed by atoms with E-state index in [0.29, 0.717) is 0 Å². The summed E-state index contributed by atoms with van der Waals surface area (Å²) in [5, 5.41) is 0. The van der Waals surface area contributed by atoms with E-state index in [4.69, 9.17) is 0 Å². The molecule has 0 heterocycles. The van der Waals surface area contributed by atoms with E-state index in [2.05, 4.69) is 523 Å². The Hall–Kier alpha value is -17.6. The summed E-state index contributed by atoms with van der Waals surface area (Å²) < 4.78 is 0. The fourth-order valence-electron chi connectivity index (χ4n) is 30.0. The number of rotatable bonds is 7. The molecule has 0 radical (unpaired) electrons. The molecule has 32 rings (SSSR count). The molecule has 0 bridgehead atoms. The maximum atomic E-state index is 2.70. The number of hydrogen-bond donors (Lipinski definition) is 0. The number of anilines is 6. The number of fused-ring (bicyclic) bond motifs is 50. The van der Waals surface area contributed by atoms with E-state index in [1.165, 1.54) is 245 Å². The standard InChI is InChI=1S/C142H92N2/c1-137(2)112-52-21-17-48-106(112)134-125(137)64-33-68-132(134)144(133-69-35-66-127-136(133)108-50-19-32-63-123(108)139(127)113-53-22-8-38-93(113)90-36-5-6-37-91(90)94-39-9-23-54-114(94)139)89-74-78-105-110-81-86(71-79-124(110)142(130(105)84-89)118-58-27-13-44-99(118)100-45-14-28-59-119(100)142)85-70-75-92-95-40-10-24-55-115(95)140(121-61-30-16-47-102(121)109(92)80-85)122-62-31-18-49-107(122)135-126(140)65-34-67-131(135)143(87-72-76-103-96-41-7-20-51-111(96)138(3,4)128(103)82-87)88-73-77-104-101-46-15-29-60-120(101)141(129(104)83-88)116-56-25-11-42-97(116)98-43-12-26-57-117(98)141/h5-84H,1-4H3. The molecule has 2 nitrogen and oxygen atoms in total. The molecule has 0 saturated heterocycles. The Bertz CT molecular complexity index is 9350. The molecule has 10 aliphatic rings. The molecule has 0 saturated carbocycles. The van der Waals surface area contributed by atoms with E-state index < -0.39 is 21.7 Å². The van der Waals surface area contributed by atoms with Crippen LogP contribution in [0.3, 0.4) is 0 Å². The van der Waals surface area contributed by atoms with Crippen molar-refractivity contribution in [2.24, 2.45) is 0 Å². The van der Waals surface area contributed by atoms with E-state index in [9.17, 15) is 0 Å². The first-order valence-corrected chi connectivity index (χ1v) is 51.1. The Balaban J connectivity index is 0.590. The van der Waals surface area contributed by atoms with Gasteiger partial charge in [-0.15, -0.1) is 0 Å². The lowest BCUT2D eigenvalue weighted by Gasteiger charge is -2.36. The van der Waals surface area contributed by atoms with Gasteiger partial charge in [-0.1, -0.05) is 446 Å². The summed E-state index contributed by atoms with van der Waals surface area (Å²) >= 11 is 0. The predicted molar refractivity (Wildman–Crippen MR) is 592 cm³/mol. The second-order valence-corrected chi connectivity index (χ2v) is 42.4. The summed E-state index contributed by atoms with van der Waals surface area (Å²) in [5.74, 6) is 0. The van der Waals surface area contributed by atoms with E-state index in [-0.39, 0.29) is 10.8 Å². The van der Waals surface area contributed by atoms with Crippen molar-refractivity contribution in [1.29, 1.82) is 0 Å². The lowest BCUT2D eigenvalue weighted by molar-refractivity contribution is 0.660. The van der Waals surface area contributed by atoms with Crippen LogP contribution in [-0.2, 0) is 32.5 Å². The molecule has 144 heavy (non-hydrogen) atoms. The molecule has 22 aromatic carbocycles. The molecule has 0 amide bonds. The Morgan fingerprint density at radius 3 is 0.722 bits per heavy atom. The molecule has 670 valence electrons. The molecule has 0 aliphatic heterocycles. The first-order chi connectivity index (χ1) is 71.0. The van der Waals surface area contributed by atoms with Crippen LogP contribution in [0.1, 0.15) is 139 Å². The van der Waals surface area contributed by atoms with Gasteiger partial charge >= 0.3 is 0 Å². The van der Waals surface area contributed by atoms with Gasteiger partial charge in [-0.2, -0.15) is 0 Å². The van der Waals surface area contributed by atoms with Crippen LogP contribution in [0.25, 0.3) is 145 Å². The number of benzene rings is 22. The fraction of sp³-hybridized carbons (Fsp3) is 0.0704. The van der Waals surface area contributed by atoms with Crippen LogP contribution in [0.4, 0.5) is 34.1 Å². The molecule has 4 spiro atoms. The maximum absolute atomic E-state index is 2.70. The minimum atomic E-state index is -0.800. The van der Waals surface area contributed by atoms with Crippen molar-refractivity contribution < 1.29 is 0 Å². The summed E-state index contributed by atoms with van der Waals surface area (Å²) in [6.07, 6.45) is 0. The van der Waals surface area contributed by atoms with Gasteiger partial charge in [0.15, 0.2) is 0 Å². The second-order valence-electron chi connectivity index (χ2n) is 42.4. The van der Waals surface area contributed by atoms with Crippen LogP contribution in [-0.4, -0.2) is 0 Å². The minimum Gasteiger partial charge on any atom is -0.310 e. The van der Waals surface area contributed by atoms with Gasteiger partial charge in [0.05, 0.1) is 38.7 Å². The number of hydrogen-bond acceptors (Lipinski definition) is 2. The monoisotopic (exact) mass is 1820 g/mol. The van der Waals surface area contributed by atoms with E-state index >= 15 is 0 Å². The summed E-state index contributed by atoms with van der Waals surface area (Å²) in [4.78, 5) is 5.35. The van der Waals surface area contributed by atoms with Gasteiger partial charge in [0.1, 0.15) is 0 Å². The quantitative estimate of drug-likeness (QED) is 0.157. The zero-order valence-corrected chi connectivity index (χ0v) is 80.1. The summed E-state index contributed by atoms with van der Waals surface area (Å²) in [6.45, 7) is 9.69. The van der Waals surface area contributed by atoms with E-state index in [1.807, 2.05) is 0 Å². The van der Waals surface area contributed by atoms with Gasteiger partial charge in [-0.25, -0.2) is 0 Å². The summed E-state index contributed by atoms with van der Waals surface area (Å²) in [7, 11) is 0. The zero-order valence-electron chi connectivity index (χ0n) is 80.1. The van der Waals surface area contributed by atoms with Crippen molar-refractivity contribution in [3.05, 3.63) is 597 Å². The molecule has 1 atom stereocenters. The molecule has 2 heteroatoms. The highest BCUT2D eigenvalue weighted by molar-refractivity contribution is 6.09. The molecule has 0 N–H and O–H groups in total. The van der Waals surface area contributed by atoms with Gasteiger partial charge in [0, 0.05) is 44.6 Å². The van der Waals surface area contributed by atoms with E-state index in [1.54, 1.807) is 0 Å². The zero-order chi connectivity index (χ0) is 94.7. The van der Waals surface area contributed by atoms with Crippen LogP contribution >= 0.6 is 0 Å². The largest absolute Gasteiger partial charge is 0.310 e. The van der Waals surface area contributed by atoms with Crippen molar-refractivity contribution >= 4 is 34.1 Å². The van der Waals surface area contributed by atoms with Gasteiger partial charge in [-0.3, -0.25) is 0 Å². The normalized spacial score (nSPS) is 15.9. The molecule has 10 aliphatic carbocycles. The lowest BCUT2D eigenvalue weighted by atomic mass is 9.66. The van der Waals surface area contributed by atoms with Gasteiger partial charge in [0.25, 0.3) is 0 Å². The lowest BCUT2D eigenvalue weighted by Crippen LogP contribution is -2.29. The Labute approximate surface area is 839 Å². The second kappa shape index (κ2) is 28.6. The highest BCUT2D eigenvalue weighted by Gasteiger charge is 2.58. The first-order valence-electron chi connectivity index (χ1n) is 51.1. The minimum absolute atomic E-state index is 0.264. The average molecular weight is 1830 g/mol. The molecule has 22 aromatic rings. The van der Waals surface area contributed by atoms with Crippen LogP contribution in [0.2, 0.25) is 0 Å². The van der Waals surface area contributed by atoms with Crippen molar-refractivity contribution in [3.63, 3.8) is 0 Å². The Kier molecular flexibility index (Phi) is 16.0. The van der Waals surface area contributed by atoms with Crippen LogP contribution in [0.15, 0.2) is 485 Å². The van der Waals surface area contributed by atoms with Crippen LogP contribution in [0, 0.1) is 0 Å². The third-order valence-electron chi connectivity index (χ3n) is 35.6. The summed E-state index contributed by atoms with van der Waals surface area (Å²) in [5.41, 5.74) is 61.8. The third kappa shape index (κ3) is 9.82. The van der Waals surface area contributed by atoms with Crippen molar-refractivity contribution in [1.82, 2.24) is 0 Å². The Morgan fingerprint density at radius 1 is 0.125 bits per heavy atom. The Morgan fingerprint density at radius 2 is 0.333 bits per heavy atom. The topological polar surface area (TPSA) is 6.48 Å². The van der Waals surface area contributed by atoms with Gasteiger partial charge in [0.2, 0.25) is 0 Å². The van der Waals surface area contributed by atoms with Crippen molar-refractivity contribution in [3.8, 4) is 145 Å². The molecule has 0 aromatic heterocycles. The van der Waals surface area contributed by atoms with Gasteiger partial charge < -0.3 is 9.80 Å². The molecule has 0 fully saturated rings. The summed E-state index contributed by atoms with van der Waals surface area (Å²) in [6, 6.07) is 189. The smallest absolute Gasteiger partial charge is 0.0726 e.